The highest BCUT2D eigenvalue weighted by molar-refractivity contribution is 5.85. The average Bonchev–Trinajstić information content (AvgIpc) is 2.18. The minimum absolute atomic E-state index is 0. The van der Waals surface area contributed by atoms with Crippen molar-refractivity contribution in [1.82, 2.24) is 5.32 Å². The summed E-state index contributed by atoms with van der Waals surface area (Å²) < 4.78 is 9.91. The summed E-state index contributed by atoms with van der Waals surface area (Å²) in [5.74, 6) is 0.160. The van der Waals surface area contributed by atoms with Crippen LogP contribution >= 0.6 is 12.4 Å². The third kappa shape index (κ3) is 3.82. The Hall–Kier alpha value is -0.320. The zero-order valence-corrected chi connectivity index (χ0v) is 9.43. The Balaban J connectivity index is 0.00000169. The van der Waals surface area contributed by atoms with Crippen LogP contribution in [0.15, 0.2) is 0 Å². The number of halogens is 1. The second-order valence-electron chi connectivity index (χ2n) is 3.31. The first kappa shape index (κ1) is 13.7. The molecule has 1 rings (SSSR count). The van der Waals surface area contributed by atoms with Crippen LogP contribution in [-0.2, 0) is 14.3 Å². The van der Waals surface area contributed by atoms with E-state index in [-0.39, 0.29) is 24.5 Å². The third-order valence-electron chi connectivity index (χ3n) is 2.52. The van der Waals surface area contributed by atoms with Crippen molar-refractivity contribution < 1.29 is 14.3 Å². The minimum Gasteiger partial charge on any atom is -0.469 e. The third-order valence-corrected chi connectivity index (χ3v) is 2.52. The lowest BCUT2D eigenvalue weighted by Crippen LogP contribution is -2.42. The van der Waals surface area contributed by atoms with Gasteiger partial charge in [0.05, 0.1) is 19.6 Å². The molecule has 1 aliphatic rings. The van der Waals surface area contributed by atoms with E-state index in [1.54, 1.807) is 7.11 Å². The maximum Gasteiger partial charge on any atom is 0.305 e. The molecular formula is C9H18ClNO3. The molecule has 0 aliphatic carbocycles. The molecule has 2 atom stereocenters. The molecule has 0 aromatic rings. The smallest absolute Gasteiger partial charge is 0.305 e. The summed E-state index contributed by atoms with van der Waals surface area (Å²) >= 11 is 0. The Morgan fingerprint density at radius 3 is 2.79 bits per heavy atom. The average molecular weight is 224 g/mol. The lowest BCUT2D eigenvalue weighted by atomic mass is 9.92. The molecule has 0 saturated carbocycles. The van der Waals surface area contributed by atoms with Gasteiger partial charge in [-0.25, -0.2) is 0 Å². The number of carbonyl (C=O) groups is 1. The molecular weight excluding hydrogens is 206 g/mol. The summed E-state index contributed by atoms with van der Waals surface area (Å²) in [7, 11) is 3.10. The van der Waals surface area contributed by atoms with Gasteiger partial charge in [-0.1, -0.05) is 0 Å². The standard InChI is InChI=1S/C9H17NO3.ClH/c1-12-8-6-10-4-3-7(8)5-9(11)13-2;/h7-8,10H,3-6H2,1-2H3;1H/t7-,8-;/m0./s1. The zero-order valence-electron chi connectivity index (χ0n) is 8.62. The van der Waals surface area contributed by atoms with Gasteiger partial charge in [0.1, 0.15) is 0 Å². The quantitative estimate of drug-likeness (QED) is 0.712. The molecule has 0 aromatic carbocycles. The van der Waals surface area contributed by atoms with Crippen LogP contribution in [-0.4, -0.2) is 39.4 Å². The molecule has 4 nitrogen and oxygen atoms in total. The number of esters is 1. The topological polar surface area (TPSA) is 47.6 Å². The Labute approximate surface area is 90.7 Å². The SMILES string of the molecule is COC(=O)C[C@@H]1CCNC[C@@H]1OC.Cl. The highest BCUT2D eigenvalue weighted by Crippen LogP contribution is 2.19. The second-order valence-corrected chi connectivity index (χ2v) is 3.31. The molecule has 1 saturated heterocycles. The number of rotatable bonds is 3. The van der Waals surface area contributed by atoms with Gasteiger partial charge >= 0.3 is 5.97 Å². The number of piperidine rings is 1. The molecule has 1 heterocycles. The first-order chi connectivity index (χ1) is 6.27. The van der Waals surface area contributed by atoms with Gasteiger partial charge in [0.15, 0.2) is 0 Å². The van der Waals surface area contributed by atoms with Crippen molar-refractivity contribution in [2.45, 2.75) is 18.9 Å². The van der Waals surface area contributed by atoms with E-state index in [2.05, 4.69) is 10.1 Å². The summed E-state index contributed by atoms with van der Waals surface area (Å²) in [5.41, 5.74) is 0. The molecule has 1 N–H and O–H groups in total. The van der Waals surface area contributed by atoms with Crippen molar-refractivity contribution in [3.63, 3.8) is 0 Å². The molecule has 84 valence electrons. The summed E-state index contributed by atoms with van der Waals surface area (Å²) in [5, 5.41) is 3.23. The molecule has 0 bridgehead atoms. The Morgan fingerprint density at radius 2 is 2.21 bits per heavy atom. The van der Waals surface area contributed by atoms with Gasteiger partial charge in [0, 0.05) is 13.7 Å². The van der Waals surface area contributed by atoms with Crippen LogP contribution in [0.5, 0.6) is 0 Å². The number of hydrogen-bond acceptors (Lipinski definition) is 4. The van der Waals surface area contributed by atoms with E-state index in [1.807, 2.05) is 0 Å². The largest absolute Gasteiger partial charge is 0.469 e. The van der Waals surface area contributed by atoms with Crippen LogP contribution in [0.1, 0.15) is 12.8 Å². The summed E-state index contributed by atoms with van der Waals surface area (Å²) in [6.07, 6.45) is 1.59. The van der Waals surface area contributed by atoms with Crippen LogP contribution in [0.25, 0.3) is 0 Å². The van der Waals surface area contributed by atoms with Crippen molar-refractivity contribution in [3.05, 3.63) is 0 Å². The summed E-state index contributed by atoms with van der Waals surface area (Å²) in [4.78, 5) is 11.0. The van der Waals surface area contributed by atoms with Crippen molar-refractivity contribution in [1.29, 1.82) is 0 Å². The molecule has 0 unspecified atom stereocenters. The van der Waals surface area contributed by atoms with Gasteiger partial charge in [0.25, 0.3) is 0 Å². The first-order valence-corrected chi connectivity index (χ1v) is 4.58. The maximum absolute atomic E-state index is 11.0. The van der Waals surface area contributed by atoms with E-state index in [0.717, 1.165) is 19.5 Å². The molecule has 0 radical (unpaired) electrons. The highest BCUT2D eigenvalue weighted by Gasteiger charge is 2.26. The number of carbonyl (C=O) groups excluding carboxylic acids is 1. The van der Waals surface area contributed by atoms with Crippen molar-refractivity contribution >= 4 is 18.4 Å². The molecule has 5 heteroatoms. The van der Waals surface area contributed by atoms with Gasteiger partial charge in [-0.3, -0.25) is 4.79 Å². The maximum atomic E-state index is 11.0. The van der Waals surface area contributed by atoms with Gasteiger partial charge in [-0.05, 0) is 18.9 Å². The minimum atomic E-state index is -0.144. The Bertz CT molecular complexity index is 177. The number of hydrogen-bond donors (Lipinski definition) is 1. The number of methoxy groups -OCH3 is 2. The van der Waals surface area contributed by atoms with Crippen molar-refractivity contribution in [2.75, 3.05) is 27.3 Å². The molecule has 14 heavy (non-hydrogen) atoms. The Kier molecular flexibility index (Phi) is 6.87. The monoisotopic (exact) mass is 223 g/mol. The van der Waals surface area contributed by atoms with E-state index in [4.69, 9.17) is 4.74 Å². The lowest BCUT2D eigenvalue weighted by Gasteiger charge is -2.30. The predicted molar refractivity (Wildman–Crippen MR) is 55.7 cm³/mol. The van der Waals surface area contributed by atoms with Crippen LogP contribution in [0.2, 0.25) is 0 Å². The Morgan fingerprint density at radius 1 is 1.50 bits per heavy atom. The van der Waals surface area contributed by atoms with E-state index >= 15 is 0 Å². The van der Waals surface area contributed by atoms with E-state index in [0.29, 0.717) is 12.3 Å². The fourth-order valence-electron chi connectivity index (χ4n) is 1.69. The predicted octanol–water partition coefficient (Wildman–Crippen LogP) is 0.596. The molecule has 0 aromatic heterocycles. The zero-order chi connectivity index (χ0) is 9.68. The lowest BCUT2D eigenvalue weighted by molar-refractivity contribution is -0.143. The highest BCUT2D eigenvalue weighted by atomic mass is 35.5. The molecule has 0 amide bonds. The van der Waals surface area contributed by atoms with E-state index in [9.17, 15) is 4.79 Å². The van der Waals surface area contributed by atoms with Gasteiger partial charge in [0.2, 0.25) is 0 Å². The van der Waals surface area contributed by atoms with Crippen LogP contribution in [0.4, 0.5) is 0 Å². The summed E-state index contributed by atoms with van der Waals surface area (Å²) in [6.45, 7) is 1.79. The second kappa shape index (κ2) is 7.04. The van der Waals surface area contributed by atoms with Gasteiger partial charge < -0.3 is 14.8 Å². The van der Waals surface area contributed by atoms with E-state index in [1.165, 1.54) is 7.11 Å². The summed E-state index contributed by atoms with van der Waals surface area (Å²) in [6, 6.07) is 0. The van der Waals surface area contributed by atoms with Gasteiger partial charge in [-0.2, -0.15) is 0 Å². The molecule has 1 aliphatic heterocycles. The van der Waals surface area contributed by atoms with Crippen LogP contribution < -0.4 is 5.32 Å². The molecule has 1 fully saturated rings. The van der Waals surface area contributed by atoms with Crippen LogP contribution in [0.3, 0.4) is 0 Å². The van der Waals surface area contributed by atoms with Crippen molar-refractivity contribution in [3.8, 4) is 0 Å². The van der Waals surface area contributed by atoms with Crippen LogP contribution in [0, 0.1) is 5.92 Å². The number of ether oxygens (including phenoxy) is 2. The van der Waals surface area contributed by atoms with Crippen molar-refractivity contribution in [2.24, 2.45) is 5.92 Å². The fraction of sp³-hybridized carbons (Fsp3) is 0.889. The van der Waals surface area contributed by atoms with Gasteiger partial charge in [-0.15, -0.1) is 12.4 Å². The normalized spacial score (nSPS) is 26.4. The number of nitrogens with one attached hydrogen (secondary N) is 1. The van der Waals surface area contributed by atoms with E-state index < -0.39 is 0 Å². The fourth-order valence-corrected chi connectivity index (χ4v) is 1.69. The molecule has 0 spiro atoms. The first-order valence-electron chi connectivity index (χ1n) is 4.58.